The number of aliphatic carboxylic acids is 1. The van der Waals surface area contributed by atoms with Crippen molar-refractivity contribution in [2.45, 2.75) is 227 Å². The zero-order chi connectivity index (χ0) is 54.9. The van der Waals surface area contributed by atoms with Gasteiger partial charge in [0, 0.05) is 37.5 Å². The molecule has 0 aliphatic carbocycles. The number of carboxylic acids is 1. The van der Waals surface area contributed by atoms with E-state index in [0.717, 1.165) is 12.8 Å². The molecule has 74 heavy (non-hydrogen) atoms. The third-order valence-electron chi connectivity index (χ3n) is 14.2. The molecule has 0 saturated carbocycles. The summed E-state index contributed by atoms with van der Waals surface area (Å²) in [6.07, 6.45) is -1.63. The van der Waals surface area contributed by atoms with Crippen molar-refractivity contribution in [2.24, 2.45) is 23.5 Å². The van der Waals surface area contributed by atoms with Crippen molar-refractivity contribution in [3.8, 4) is 0 Å². The number of nitrogens with two attached hydrogens (primary N) is 1. The molecule has 14 N–H and O–H groups in total. The number of fused-ring (bicyclic) bond motifs is 2. The van der Waals surface area contributed by atoms with Crippen LogP contribution in [0.3, 0.4) is 0 Å². The number of ether oxygens (including phenoxy) is 6. The van der Waals surface area contributed by atoms with Crippen LogP contribution in [0.25, 0.3) is 0 Å². The second kappa shape index (κ2) is 30.6. The molecule has 4 heterocycles. The Morgan fingerprint density at radius 1 is 0.635 bits per heavy atom. The minimum atomic E-state index is -2.37. The van der Waals surface area contributed by atoms with Gasteiger partial charge in [0.15, 0.2) is 18.4 Å². The van der Waals surface area contributed by atoms with Gasteiger partial charge >= 0.3 is 11.9 Å². The van der Waals surface area contributed by atoms with E-state index in [1.165, 1.54) is 13.0 Å². The summed E-state index contributed by atoms with van der Waals surface area (Å²) in [5.41, 5.74) is 6.04. The Kier molecular flexibility index (Phi) is 26.1. The Balaban J connectivity index is 1.55. The molecule has 422 valence electrons. The Morgan fingerprint density at radius 2 is 1.23 bits per heavy atom. The molecule has 0 amide bonds. The van der Waals surface area contributed by atoms with Gasteiger partial charge in [-0.2, -0.15) is 0 Å². The Hall–Kier alpha value is -3.30. The summed E-state index contributed by atoms with van der Waals surface area (Å²) in [5, 5.41) is 129. The second-order valence-electron chi connectivity index (χ2n) is 20.5. The summed E-state index contributed by atoms with van der Waals surface area (Å²) >= 11 is 0. The summed E-state index contributed by atoms with van der Waals surface area (Å²) in [6.45, 7) is 8.61. The van der Waals surface area contributed by atoms with Crippen molar-refractivity contribution in [1.29, 1.82) is 0 Å². The Labute approximate surface area is 433 Å². The standard InChI is InChI=1S/C53H85NO20/c1-29-18-16-14-12-10-8-6-7-9-11-13-15-17-19-37(72-52-49(65)46(54)48(64)33(5)71-52)25-42-45(51(66)67)41(61)28-53(68,74-42)27-40(60)38(58)21-20-34(55)22-35(56)23-36(57)24-43(62)69-31(3)30(2)50(29)73-44-26-39(59)47(63)32(4)70-44/h6-7,9,11-19,29-42,44-50,52,55-61,63-65,68H,8,10,20-28,54H2,1-5H3,(H,66,67)/b7-6-,11-9-,14-12-,15-13-,18-16-,19-17-/t29-,30-,31-,32-,33+,34+,35+,36+,37-,38+,39+,40+,41-,42-,44?,45+,46-,47-,48+,49-,50+,52-,53+/m0/s1. The number of aliphatic hydroxyl groups excluding tert-OH is 10. The highest BCUT2D eigenvalue weighted by Gasteiger charge is 2.51. The minimum Gasteiger partial charge on any atom is -0.481 e. The molecule has 3 fully saturated rings. The fraction of sp³-hybridized carbons (Fsp3) is 0.736. The van der Waals surface area contributed by atoms with Crippen molar-refractivity contribution in [3.63, 3.8) is 0 Å². The normalized spacial score (nSPS) is 46.5. The smallest absolute Gasteiger partial charge is 0.311 e. The molecule has 23 atom stereocenters. The van der Waals surface area contributed by atoms with Crippen LogP contribution in [0.5, 0.6) is 0 Å². The molecule has 2 bridgehead atoms. The average Bonchev–Trinajstić information content (AvgIpc) is 3.31. The molecule has 1 unspecified atom stereocenters. The second-order valence-corrected chi connectivity index (χ2v) is 20.5. The zero-order valence-electron chi connectivity index (χ0n) is 43.1. The molecule has 21 nitrogen and oxygen atoms in total. The monoisotopic (exact) mass is 1060 g/mol. The first-order valence-electron chi connectivity index (χ1n) is 25.9. The number of carbonyl (C=O) groups is 2. The summed E-state index contributed by atoms with van der Waals surface area (Å²) < 4.78 is 35.8. The molecular weight excluding hydrogens is 971 g/mol. The predicted molar refractivity (Wildman–Crippen MR) is 267 cm³/mol. The average molecular weight is 1060 g/mol. The fourth-order valence-electron chi connectivity index (χ4n) is 9.63. The topological polar surface area (TPSA) is 358 Å². The van der Waals surface area contributed by atoms with E-state index in [1.807, 2.05) is 56.4 Å². The number of rotatable bonds is 5. The van der Waals surface area contributed by atoms with Gasteiger partial charge in [-0.05, 0) is 59.3 Å². The molecule has 4 rings (SSSR count). The first kappa shape index (κ1) is 63.2. The van der Waals surface area contributed by atoms with E-state index < -0.39 is 165 Å². The predicted octanol–water partition coefficient (Wildman–Crippen LogP) is 0.817. The maximum Gasteiger partial charge on any atom is 0.311 e. The lowest BCUT2D eigenvalue weighted by atomic mass is 9.82. The minimum absolute atomic E-state index is 0.0208. The number of carbonyl (C=O) groups excluding carboxylic acids is 1. The number of cyclic esters (lactones) is 1. The van der Waals surface area contributed by atoms with E-state index in [2.05, 4.69) is 0 Å². The Bertz CT molecular complexity index is 1870. The van der Waals surface area contributed by atoms with Gasteiger partial charge in [-0.1, -0.05) is 86.8 Å². The van der Waals surface area contributed by atoms with Crippen molar-refractivity contribution in [1.82, 2.24) is 0 Å². The van der Waals surface area contributed by atoms with Gasteiger partial charge in [0.25, 0.3) is 0 Å². The van der Waals surface area contributed by atoms with Crippen LogP contribution in [0.4, 0.5) is 0 Å². The van der Waals surface area contributed by atoms with Crippen LogP contribution in [0, 0.1) is 17.8 Å². The van der Waals surface area contributed by atoms with Crippen molar-refractivity contribution < 1.29 is 99.3 Å². The molecule has 0 radical (unpaired) electrons. The summed E-state index contributed by atoms with van der Waals surface area (Å²) in [6, 6.07) is -1.16. The lowest BCUT2D eigenvalue weighted by Gasteiger charge is -2.45. The highest BCUT2D eigenvalue weighted by atomic mass is 16.7. The van der Waals surface area contributed by atoms with Gasteiger partial charge in [0.05, 0.1) is 91.8 Å². The van der Waals surface area contributed by atoms with E-state index in [-0.39, 0.29) is 44.4 Å². The zero-order valence-corrected chi connectivity index (χ0v) is 43.1. The van der Waals surface area contributed by atoms with Gasteiger partial charge in [0.2, 0.25) is 0 Å². The van der Waals surface area contributed by atoms with Crippen LogP contribution in [-0.2, 0) is 38.0 Å². The summed E-state index contributed by atoms with van der Waals surface area (Å²) in [7, 11) is 0. The maximum atomic E-state index is 13.1. The largest absolute Gasteiger partial charge is 0.481 e. The molecule has 0 aromatic rings. The first-order valence-corrected chi connectivity index (χ1v) is 25.9. The fourth-order valence-corrected chi connectivity index (χ4v) is 9.63. The number of esters is 1. The highest BCUT2D eigenvalue weighted by Crippen LogP contribution is 2.38. The van der Waals surface area contributed by atoms with Crippen molar-refractivity contribution in [3.05, 3.63) is 72.9 Å². The number of carboxylic acid groups (broad SMARTS) is 1. The van der Waals surface area contributed by atoms with Crippen molar-refractivity contribution in [2.75, 3.05) is 0 Å². The van der Waals surface area contributed by atoms with Crippen LogP contribution in [0.15, 0.2) is 72.9 Å². The van der Waals surface area contributed by atoms with Crippen LogP contribution < -0.4 is 5.73 Å². The highest BCUT2D eigenvalue weighted by molar-refractivity contribution is 5.71. The van der Waals surface area contributed by atoms with Crippen LogP contribution >= 0.6 is 0 Å². The third kappa shape index (κ3) is 19.9. The molecule has 0 spiro atoms. The van der Waals surface area contributed by atoms with Crippen LogP contribution in [0.1, 0.15) is 105 Å². The molecule has 4 aliphatic rings. The number of allylic oxidation sites excluding steroid dienone is 10. The maximum absolute atomic E-state index is 13.1. The van der Waals surface area contributed by atoms with E-state index in [4.69, 9.17) is 34.2 Å². The summed E-state index contributed by atoms with van der Waals surface area (Å²) in [4.78, 5) is 25.6. The lowest BCUT2D eigenvalue weighted by molar-refractivity contribution is -0.310. The molecule has 3 saturated heterocycles. The van der Waals surface area contributed by atoms with E-state index in [1.54, 1.807) is 38.2 Å². The quantitative estimate of drug-likeness (QED) is 0.170. The van der Waals surface area contributed by atoms with Crippen molar-refractivity contribution >= 4 is 11.9 Å². The van der Waals surface area contributed by atoms with Crippen LogP contribution in [0.2, 0.25) is 0 Å². The molecule has 0 aromatic carbocycles. The third-order valence-corrected chi connectivity index (χ3v) is 14.2. The Morgan fingerprint density at radius 3 is 1.89 bits per heavy atom. The number of aliphatic hydroxyl groups is 11. The van der Waals surface area contributed by atoms with Gasteiger partial charge in [-0.25, -0.2) is 0 Å². The first-order chi connectivity index (χ1) is 34.9. The van der Waals surface area contributed by atoms with E-state index in [9.17, 15) is 70.9 Å². The van der Waals surface area contributed by atoms with Gasteiger partial charge in [-0.15, -0.1) is 0 Å². The molecule has 4 aliphatic heterocycles. The van der Waals surface area contributed by atoms with Gasteiger partial charge in [-0.3, -0.25) is 9.59 Å². The molecule has 21 heteroatoms. The summed E-state index contributed by atoms with van der Waals surface area (Å²) in [5.74, 6) is -6.88. The molecular formula is C53H85NO20. The van der Waals surface area contributed by atoms with Gasteiger partial charge in [0.1, 0.15) is 24.2 Å². The lowest BCUT2D eigenvalue weighted by Crippen LogP contribution is -2.61. The SMILES string of the molecule is C[C@@H]1[C@H](OC2C[C@@H](O)[C@@H](O)[C@H](C)O2)[C@@H](C)/C=C\C=C/CC\C=C/C=C\C=C/C=C\[C@H](O[C@@H]2O[C@H](C)[C@@H](O)[C@H](N)[C@@H]2O)C[C@@H]2O[C@](O)(C[C@@H](O)[C@H](O)CC[C@@H](O)C[C@@H](O)C[C@@H](O)CC(=O)O[C@H]1C)C[C@H](O)[C@H]2C(=O)O. The van der Waals surface area contributed by atoms with E-state index >= 15 is 0 Å². The van der Waals surface area contributed by atoms with Crippen LogP contribution in [-0.4, -0.2) is 195 Å². The van der Waals surface area contributed by atoms with Gasteiger partial charge < -0.3 is 95.4 Å². The molecule has 0 aromatic heterocycles. The number of hydrogen-bond donors (Lipinski definition) is 13. The van der Waals surface area contributed by atoms with E-state index in [0.29, 0.717) is 0 Å². The number of hydrogen-bond acceptors (Lipinski definition) is 20.